The molecule has 0 unspecified atom stereocenters. The van der Waals surface area contributed by atoms with Crippen LogP contribution >= 0.6 is 0 Å². The highest BCUT2D eigenvalue weighted by atomic mass is 16.3. The highest BCUT2D eigenvalue weighted by Gasteiger charge is 1.99. The first-order valence-electron chi connectivity index (χ1n) is 5.59. The average molecular weight is 228 g/mol. The van der Waals surface area contributed by atoms with Gasteiger partial charge in [0.15, 0.2) is 0 Å². The number of anilines is 1. The molecule has 0 aliphatic heterocycles. The van der Waals surface area contributed by atoms with E-state index in [1.807, 2.05) is 42.5 Å². The van der Waals surface area contributed by atoms with E-state index in [1.54, 1.807) is 6.07 Å². The van der Waals surface area contributed by atoms with Gasteiger partial charge in [-0.05, 0) is 23.8 Å². The summed E-state index contributed by atoms with van der Waals surface area (Å²) in [5.41, 5.74) is 8.54. The smallest absolute Gasteiger partial charge is 0.120 e. The molecule has 4 N–H and O–H groups in total. The van der Waals surface area contributed by atoms with Crippen LogP contribution in [0.15, 0.2) is 48.5 Å². The SMILES string of the molecule is NCc1ccc(NCc2ccccc2O)cc1. The first-order chi connectivity index (χ1) is 8.29. The Morgan fingerprint density at radius 2 is 1.71 bits per heavy atom. The summed E-state index contributed by atoms with van der Waals surface area (Å²) in [5, 5.41) is 12.9. The highest BCUT2D eigenvalue weighted by molar-refractivity contribution is 5.46. The van der Waals surface area contributed by atoms with E-state index in [-0.39, 0.29) is 0 Å². The number of phenolic OH excluding ortho intramolecular Hbond substituents is 1. The molecule has 0 spiro atoms. The van der Waals surface area contributed by atoms with Gasteiger partial charge >= 0.3 is 0 Å². The predicted octanol–water partition coefficient (Wildman–Crippen LogP) is 2.46. The van der Waals surface area contributed by atoms with Crippen molar-refractivity contribution < 1.29 is 5.11 Å². The molecule has 0 bridgehead atoms. The number of nitrogens with one attached hydrogen (secondary N) is 1. The number of hydrogen-bond donors (Lipinski definition) is 3. The third-order valence-electron chi connectivity index (χ3n) is 2.66. The molecular weight excluding hydrogens is 212 g/mol. The number of para-hydroxylation sites is 1. The summed E-state index contributed by atoms with van der Waals surface area (Å²) >= 11 is 0. The van der Waals surface area contributed by atoms with Gasteiger partial charge in [-0.1, -0.05) is 30.3 Å². The van der Waals surface area contributed by atoms with Crippen molar-refractivity contribution in [1.29, 1.82) is 0 Å². The number of rotatable bonds is 4. The van der Waals surface area contributed by atoms with Crippen LogP contribution < -0.4 is 11.1 Å². The summed E-state index contributed by atoms with van der Waals surface area (Å²) in [6.07, 6.45) is 0. The summed E-state index contributed by atoms with van der Waals surface area (Å²) < 4.78 is 0. The maximum absolute atomic E-state index is 9.61. The van der Waals surface area contributed by atoms with Crippen LogP contribution in [0.25, 0.3) is 0 Å². The number of benzene rings is 2. The lowest BCUT2D eigenvalue weighted by Gasteiger charge is -2.08. The molecular formula is C14H16N2O. The van der Waals surface area contributed by atoms with Gasteiger partial charge < -0.3 is 16.2 Å². The maximum Gasteiger partial charge on any atom is 0.120 e. The van der Waals surface area contributed by atoms with Crippen LogP contribution in [0, 0.1) is 0 Å². The molecule has 2 rings (SSSR count). The number of hydrogen-bond acceptors (Lipinski definition) is 3. The minimum Gasteiger partial charge on any atom is -0.508 e. The Bertz CT molecular complexity index is 480. The second-order valence-electron chi connectivity index (χ2n) is 3.88. The molecule has 0 saturated carbocycles. The summed E-state index contributed by atoms with van der Waals surface area (Å²) in [6, 6.07) is 15.3. The van der Waals surface area contributed by atoms with Crippen molar-refractivity contribution in [2.24, 2.45) is 5.73 Å². The van der Waals surface area contributed by atoms with Crippen molar-refractivity contribution in [3.05, 3.63) is 59.7 Å². The topological polar surface area (TPSA) is 58.3 Å². The zero-order valence-electron chi connectivity index (χ0n) is 9.56. The van der Waals surface area contributed by atoms with E-state index < -0.39 is 0 Å². The standard InChI is InChI=1S/C14H16N2O/c15-9-11-5-7-13(8-6-11)16-10-12-3-1-2-4-14(12)17/h1-8,16-17H,9-10,15H2. The normalized spacial score (nSPS) is 10.2. The molecule has 0 amide bonds. The number of aromatic hydroxyl groups is 1. The van der Waals surface area contributed by atoms with Gasteiger partial charge in [0.2, 0.25) is 0 Å². The van der Waals surface area contributed by atoms with Crippen molar-refractivity contribution in [3.63, 3.8) is 0 Å². The van der Waals surface area contributed by atoms with Crippen LogP contribution in [0.4, 0.5) is 5.69 Å². The highest BCUT2D eigenvalue weighted by Crippen LogP contribution is 2.17. The van der Waals surface area contributed by atoms with Gasteiger partial charge in [-0.3, -0.25) is 0 Å². The molecule has 0 heterocycles. The Kier molecular flexibility index (Phi) is 3.62. The molecule has 0 saturated heterocycles. The largest absolute Gasteiger partial charge is 0.508 e. The summed E-state index contributed by atoms with van der Waals surface area (Å²) in [5.74, 6) is 0.318. The molecule has 0 radical (unpaired) electrons. The zero-order valence-corrected chi connectivity index (χ0v) is 9.56. The molecule has 0 aliphatic carbocycles. The van der Waals surface area contributed by atoms with Gasteiger partial charge in [0.05, 0.1) is 0 Å². The fourth-order valence-corrected chi connectivity index (χ4v) is 1.62. The van der Waals surface area contributed by atoms with E-state index in [2.05, 4.69) is 5.32 Å². The molecule has 2 aromatic rings. The Balaban J connectivity index is 2.00. The molecule has 17 heavy (non-hydrogen) atoms. The van der Waals surface area contributed by atoms with Crippen LogP contribution in [0.3, 0.4) is 0 Å². The quantitative estimate of drug-likeness (QED) is 0.753. The van der Waals surface area contributed by atoms with Crippen LogP contribution in [0.5, 0.6) is 5.75 Å². The van der Waals surface area contributed by atoms with Crippen molar-refractivity contribution >= 4 is 5.69 Å². The lowest BCUT2D eigenvalue weighted by atomic mass is 10.2. The van der Waals surface area contributed by atoms with Gasteiger partial charge in [0.25, 0.3) is 0 Å². The Hall–Kier alpha value is -2.00. The van der Waals surface area contributed by atoms with E-state index in [0.29, 0.717) is 18.8 Å². The fourth-order valence-electron chi connectivity index (χ4n) is 1.62. The van der Waals surface area contributed by atoms with Crippen molar-refractivity contribution in [1.82, 2.24) is 0 Å². The molecule has 0 aliphatic rings. The lowest BCUT2D eigenvalue weighted by Crippen LogP contribution is -2.00. The van der Waals surface area contributed by atoms with Gasteiger partial charge in [-0.25, -0.2) is 0 Å². The van der Waals surface area contributed by atoms with Crippen LogP contribution in [-0.4, -0.2) is 5.11 Å². The van der Waals surface area contributed by atoms with Gasteiger partial charge in [0.1, 0.15) is 5.75 Å². The van der Waals surface area contributed by atoms with Crippen LogP contribution in [0.2, 0.25) is 0 Å². The Morgan fingerprint density at radius 1 is 1.00 bits per heavy atom. The molecule has 88 valence electrons. The predicted molar refractivity (Wildman–Crippen MR) is 69.8 cm³/mol. The van der Waals surface area contributed by atoms with Crippen molar-refractivity contribution in [2.45, 2.75) is 13.1 Å². The molecule has 0 atom stereocenters. The van der Waals surface area contributed by atoms with Gasteiger partial charge in [-0.2, -0.15) is 0 Å². The van der Waals surface area contributed by atoms with E-state index >= 15 is 0 Å². The van der Waals surface area contributed by atoms with E-state index in [1.165, 1.54) is 0 Å². The van der Waals surface area contributed by atoms with Crippen LogP contribution in [0.1, 0.15) is 11.1 Å². The summed E-state index contributed by atoms with van der Waals surface area (Å²) in [4.78, 5) is 0. The van der Waals surface area contributed by atoms with Crippen molar-refractivity contribution in [3.8, 4) is 5.75 Å². The Labute approximate surface area is 101 Å². The van der Waals surface area contributed by atoms with E-state index in [9.17, 15) is 5.11 Å². The molecule has 3 nitrogen and oxygen atoms in total. The van der Waals surface area contributed by atoms with Crippen LogP contribution in [-0.2, 0) is 13.1 Å². The minimum atomic E-state index is 0.318. The first-order valence-corrected chi connectivity index (χ1v) is 5.59. The Morgan fingerprint density at radius 3 is 2.35 bits per heavy atom. The molecule has 3 heteroatoms. The first kappa shape index (κ1) is 11.5. The fraction of sp³-hybridized carbons (Fsp3) is 0.143. The third kappa shape index (κ3) is 2.98. The van der Waals surface area contributed by atoms with E-state index in [0.717, 1.165) is 16.8 Å². The maximum atomic E-state index is 9.61. The lowest BCUT2D eigenvalue weighted by molar-refractivity contribution is 0.469. The van der Waals surface area contributed by atoms with Crippen molar-refractivity contribution in [2.75, 3.05) is 5.32 Å². The summed E-state index contributed by atoms with van der Waals surface area (Å²) in [7, 11) is 0. The number of phenols is 1. The van der Waals surface area contributed by atoms with Gasteiger partial charge in [-0.15, -0.1) is 0 Å². The third-order valence-corrected chi connectivity index (χ3v) is 2.66. The molecule has 0 aromatic heterocycles. The molecule has 2 aromatic carbocycles. The average Bonchev–Trinajstić information content (AvgIpc) is 2.38. The minimum absolute atomic E-state index is 0.318. The monoisotopic (exact) mass is 228 g/mol. The van der Waals surface area contributed by atoms with Gasteiger partial charge in [0, 0.05) is 24.3 Å². The van der Waals surface area contributed by atoms with E-state index in [4.69, 9.17) is 5.73 Å². The number of nitrogens with two attached hydrogens (primary N) is 1. The second-order valence-corrected chi connectivity index (χ2v) is 3.88. The zero-order chi connectivity index (χ0) is 12.1. The summed E-state index contributed by atoms with van der Waals surface area (Å²) in [6.45, 7) is 1.16. The molecule has 0 fully saturated rings. The second kappa shape index (κ2) is 5.37.